The second-order valence-corrected chi connectivity index (χ2v) is 7.75. The van der Waals surface area contributed by atoms with Gasteiger partial charge in [0.15, 0.2) is 0 Å². The maximum Gasteiger partial charge on any atom is 0.144 e. The van der Waals surface area contributed by atoms with Crippen molar-refractivity contribution in [3.05, 3.63) is 18.2 Å². The van der Waals surface area contributed by atoms with Gasteiger partial charge in [0.25, 0.3) is 0 Å². The van der Waals surface area contributed by atoms with Gasteiger partial charge >= 0.3 is 0 Å². The summed E-state index contributed by atoms with van der Waals surface area (Å²) >= 11 is 0. The molecule has 1 aromatic carbocycles. The number of fused-ring (bicyclic) bond motifs is 1. The summed E-state index contributed by atoms with van der Waals surface area (Å²) < 4.78 is 12.7. The Labute approximate surface area is 151 Å². The largest absolute Gasteiger partial charge is 0.489 e. The molecule has 0 radical (unpaired) electrons. The summed E-state index contributed by atoms with van der Waals surface area (Å²) in [6.07, 6.45) is 1.11. The Morgan fingerprint density at radius 1 is 1.12 bits per heavy atom. The number of nitrogen functional groups attached to an aromatic ring is 1. The number of nitrogens with zero attached hydrogens (tertiary/aromatic N) is 3. The van der Waals surface area contributed by atoms with Crippen LogP contribution in [0.3, 0.4) is 0 Å². The number of piperazine rings is 1. The van der Waals surface area contributed by atoms with E-state index in [1.807, 2.05) is 18.2 Å². The van der Waals surface area contributed by atoms with Gasteiger partial charge in [-0.25, -0.2) is 0 Å². The van der Waals surface area contributed by atoms with Gasteiger partial charge in [-0.3, -0.25) is 4.90 Å². The van der Waals surface area contributed by atoms with Crippen molar-refractivity contribution in [3.63, 3.8) is 0 Å². The van der Waals surface area contributed by atoms with E-state index in [1.165, 1.54) is 26.2 Å². The number of nitrogens with two attached hydrogens (primary N) is 1. The zero-order valence-corrected chi connectivity index (χ0v) is 15.7. The Hall–Kier alpha value is -1.50. The summed E-state index contributed by atoms with van der Waals surface area (Å²) in [5.74, 6) is 0.887. The van der Waals surface area contributed by atoms with E-state index in [-0.39, 0.29) is 0 Å². The molecule has 1 fully saturated rings. The smallest absolute Gasteiger partial charge is 0.144 e. The molecule has 6 heteroatoms. The molecular formula is C19H33N4O2+. The first-order chi connectivity index (χ1) is 12.0. The van der Waals surface area contributed by atoms with Crippen LogP contribution in [0.15, 0.2) is 18.2 Å². The lowest BCUT2D eigenvalue weighted by Gasteiger charge is -2.39. The van der Waals surface area contributed by atoms with Crippen LogP contribution >= 0.6 is 0 Å². The number of ether oxygens (including phenoxy) is 2. The Morgan fingerprint density at radius 2 is 1.92 bits per heavy atom. The van der Waals surface area contributed by atoms with Crippen molar-refractivity contribution in [2.75, 3.05) is 90.4 Å². The second-order valence-electron chi connectivity index (χ2n) is 7.75. The van der Waals surface area contributed by atoms with Crippen molar-refractivity contribution < 1.29 is 14.0 Å². The summed E-state index contributed by atoms with van der Waals surface area (Å²) in [5, 5.41) is 0. The quantitative estimate of drug-likeness (QED) is 0.456. The zero-order valence-electron chi connectivity index (χ0n) is 15.7. The average molecular weight is 349 g/mol. The molecule has 0 atom stereocenters. The predicted octanol–water partition coefficient (Wildman–Crippen LogP) is 1.27. The van der Waals surface area contributed by atoms with E-state index in [4.69, 9.17) is 15.2 Å². The molecule has 0 aliphatic carbocycles. The molecular weight excluding hydrogens is 316 g/mol. The van der Waals surface area contributed by atoms with Gasteiger partial charge in [-0.15, -0.1) is 0 Å². The van der Waals surface area contributed by atoms with E-state index in [9.17, 15) is 0 Å². The van der Waals surface area contributed by atoms with Crippen LogP contribution < -0.4 is 15.4 Å². The van der Waals surface area contributed by atoms with E-state index >= 15 is 0 Å². The summed E-state index contributed by atoms with van der Waals surface area (Å²) in [7, 11) is 4.64. The maximum atomic E-state index is 5.87. The van der Waals surface area contributed by atoms with Gasteiger partial charge in [0.2, 0.25) is 0 Å². The second kappa shape index (κ2) is 8.25. The van der Waals surface area contributed by atoms with Crippen molar-refractivity contribution in [1.29, 1.82) is 0 Å². The molecule has 0 bridgehead atoms. The molecule has 140 valence electrons. The van der Waals surface area contributed by atoms with E-state index in [0.717, 1.165) is 60.9 Å². The lowest BCUT2D eigenvalue weighted by molar-refractivity contribution is -0.894. The van der Waals surface area contributed by atoms with Crippen LogP contribution in [0, 0.1) is 0 Å². The van der Waals surface area contributed by atoms with Crippen molar-refractivity contribution in [2.45, 2.75) is 6.42 Å². The molecule has 2 heterocycles. The van der Waals surface area contributed by atoms with Crippen LogP contribution in [-0.4, -0.2) is 89.1 Å². The Balaban J connectivity index is 1.31. The Bertz CT molecular complexity index is 554. The molecule has 2 aliphatic rings. The number of benzene rings is 1. The van der Waals surface area contributed by atoms with Crippen LogP contribution in [0.1, 0.15) is 6.42 Å². The van der Waals surface area contributed by atoms with E-state index in [1.54, 1.807) is 0 Å². The SMILES string of the molecule is C[N+]1(C)CCN(CCCOCCN2CCOc3cc(N)ccc32)CC1. The van der Waals surface area contributed by atoms with E-state index in [0.29, 0.717) is 6.61 Å². The van der Waals surface area contributed by atoms with Crippen molar-refractivity contribution >= 4 is 11.4 Å². The highest BCUT2D eigenvalue weighted by Gasteiger charge is 2.23. The number of hydrogen-bond acceptors (Lipinski definition) is 5. The van der Waals surface area contributed by atoms with Crippen LogP contribution in [0.5, 0.6) is 5.75 Å². The van der Waals surface area contributed by atoms with Gasteiger partial charge in [0.05, 0.1) is 46.0 Å². The molecule has 3 rings (SSSR count). The topological polar surface area (TPSA) is 51.0 Å². The summed E-state index contributed by atoms with van der Waals surface area (Å²) in [5.41, 5.74) is 7.70. The van der Waals surface area contributed by atoms with Crippen LogP contribution in [-0.2, 0) is 4.74 Å². The molecule has 25 heavy (non-hydrogen) atoms. The van der Waals surface area contributed by atoms with Gasteiger partial charge in [0, 0.05) is 44.5 Å². The highest BCUT2D eigenvalue weighted by atomic mass is 16.5. The van der Waals surface area contributed by atoms with Crippen LogP contribution in [0.4, 0.5) is 11.4 Å². The first kappa shape index (κ1) is 18.3. The normalized spacial score (nSPS) is 20.2. The minimum absolute atomic E-state index is 0.709. The van der Waals surface area contributed by atoms with Crippen LogP contribution in [0.2, 0.25) is 0 Å². The highest BCUT2D eigenvalue weighted by molar-refractivity contribution is 5.65. The van der Waals surface area contributed by atoms with Gasteiger partial charge < -0.3 is 24.6 Å². The molecule has 2 aliphatic heterocycles. The van der Waals surface area contributed by atoms with Gasteiger partial charge in [0.1, 0.15) is 12.4 Å². The minimum atomic E-state index is 0.709. The Kier molecular flexibility index (Phi) is 6.04. The highest BCUT2D eigenvalue weighted by Crippen LogP contribution is 2.32. The molecule has 0 amide bonds. The third-order valence-corrected chi connectivity index (χ3v) is 5.25. The van der Waals surface area contributed by atoms with Crippen molar-refractivity contribution in [3.8, 4) is 5.75 Å². The number of anilines is 2. The van der Waals surface area contributed by atoms with Crippen LogP contribution in [0.25, 0.3) is 0 Å². The first-order valence-electron chi connectivity index (χ1n) is 9.43. The fourth-order valence-corrected chi connectivity index (χ4v) is 3.46. The molecule has 0 saturated carbocycles. The third kappa shape index (κ3) is 5.23. The summed E-state index contributed by atoms with van der Waals surface area (Å²) in [6.45, 7) is 10.2. The minimum Gasteiger partial charge on any atom is -0.489 e. The number of hydrogen-bond donors (Lipinski definition) is 1. The predicted molar refractivity (Wildman–Crippen MR) is 102 cm³/mol. The molecule has 0 aromatic heterocycles. The maximum absolute atomic E-state index is 5.87. The third-order valence-electron chi connectivity index (χ3n) is 5.25. The molecule has 0 spiro atoms. The zero-order chi connectivity index (χ0) is 17.7. The standard InChI is InChI=1S/C19H33N4O2/c1-23(2)11-7-21(8-12-23)6-3-13-24-14-9-22-10-15-25-19-16-17(20)4-5-18(19)22/h4-5,16H,3,6-15,20H2,1-2H3/q+1. The molecule has 1 aromatic rings. The monoisotopic (exact) mass is 349 g/mol. The number of likely N-dealkylation sites (N-methyl/N-ethyl adjacent to an activating group) is 1. The lowest BCUT2D eigenvalue weighted by atomic mass is 10.2. The molecule has 0 unspecified atom stereocenters. The first-order valence-corrected chi connectivity index (χ1v) is 9.43. The van der Waals surface area contributed by atoms with Gasteiger partial charge in [-0.2, -0.15) is 0 Å². The summed E-state index contributed by atoms with van der Waals surface area (Å²) in [4.78, 5) is 4.89. The fourth-order valence-electron chi connectivity index (χ4n) is 3.46. The van der Waals surface area contributed by atoms with E-state index < -0.39 is 0 Å². The van der Waals surface area contributed by atoms with Crippen molar-refractivity contribution in [2.24, 2.45) is 0 Å². The van der Waals surface area contributed by atoms with Crippen molar-refractivity contribution in [1.82, 2.24) is 4.90 Å². The number of rotatable bonds is 7. The van der Waals surface area contributed by atoms with Gasteiger partial charge in [-0.1, -0.05) is 0 Å². The van der Waals surface area contributed by atoms with Gasteiger partial charge in [-0.05, 0) is 18.6 Å². The Morgan fingerprint density at radius 3 is 2.72 bits per heavy atom. The molecule has 6 nitrogen and oxygen atoms in total. The lowest BCUT2D eigenvalue weighted by Crippen LogP contribution is -2.54. The number of quaternary nitrogens is 1. The average Bonchev–Trinajstić information content (AvgIpc) is 2.59. The fraction of sp³-hybridized carbons (Fsp3) is 0.684. The van der Waals surface area contributed by atoms with E-state index in [2.05, 4.69) is 23.9 Å². The molecule has 2 N–H and O–H groups in total. The molecule has 1 saturated heterocycles. The summed E-state index contributed by atoms with van der Waals surface area (Å²) in [6, 6.07) is 5.88.